The van der Waals surface area contributed by atoms with Gasteiger partial charge < -0.3 is 4.42 Å². The molecule has 0 radical (unpaired) electrons. The second-order valence-corrected chi connectivity index (χ2v) is 5.82. The van der Waals surface area contributed by atoms with Crippen molar-refractivity contribution >= 4 is 29.1 Å². The molecule has 0 saturated carbocycles. The highest BCUT2D eigenvalue weighted by Gasteiger charge is 2.12. The van der Waals surface area contributed by atoms with Crippen LogP contribution in [0.4, 0.5) is 0 Å². The largest absolute Gasteiger partial charge is 0.411 e. The topological polar surface area (TPSA) is 56.0 Å². The number of rotatable bonds is 5. The fraction of sp³-hybridized carbons (Fsp3) is 0.0625. The summed E-state index contributed by atoms with van der Waals surface area (Å²) in [6, 6.07) is 16.3. The van der Waals surface area contributed by atoms with Crippen molar-refractivity contribution in [3.63, 3.8) is 0 Å². The number of benzene rings is 2. The van der Waals surface area contributed by atoms with Crippen molar-refractivity contribution in [3.8, 4) is 11.5 Å². The molecule has 0 aliphatic rings. The summed E-state index contributed by atoms with van der Waals surface area (Å²) in [7, 11) is 0. The Morgan fingerprint density at radius 2 is 1.91 bits per heavy atom. The van der Waals surface area contributed by atoms with Crippen molar-refractivity contribution in [1.29, 1.82) is 0 Å². The van der Waals surface area contributed by atoms with Crippen molar-refractivity contribution in [3.05, 3.63) is 65.2 Å². The second kappa shape index (κ2) is 6.77. The van der Waals surface area contributed by atoms with Gasteiger partial charge in [0.1, 0.15) is 0 Å². The van der Waals surface area contributed by atoms with Crippen LogP contribution in [0.25, 0.3) is 11.5 Å². The molecule has 1 aromatic heterocycles. The number of aromatic nitrogens is 2. The van der Waals surface area contributed by atoms with Gasteiger partial charge in [-0.2, -0.15) is 0 Å². The number of Topliss-reactive ketones (excluding diaryl/α,β-unsaturated/α-hetero) is 1. The van der Waals surface area contributed by atoms with E-state index in [1.54, 1.807) is 24.3 Å². The van der Waals surface area contributed by atoms with Crippen LogP contribution in [0.2, 0.25) is 5.02 Å². The summed E-state index contributed by atoms with van der Waals surface area (Å²) >= 11 is 7.15. The summed E-state index contributed by atoms with van der Waals surface area (Å²) in [6.07, 6.45) is 0. The standard InChI is InChI=1S/C16H11ClN2O2S/c17-13-8-4-7-12(9-13)15-18-19-16(21-15)22-10-14(20)11-5-2-1-3-6-11/h1-9H,10H2. The zero-order valence-corrected chi connectivity index (χ0v) is 13.0. The van der Waals surface area contributed by atoms with Gasteiger partial charge in [0, 0.05) is 16.1 Å². The van der Waals surface area contributed by atoms with Crippen molar-refractivity contribution < 1.29 is 9.21 Å². The molecular formula is C16H11ClN2O2S. The smallest absolute Gasteiger partial charge is 0.277 e. The van der Waals surface area contributed by atoms with E-state index in [2.05, 4.69) is 10.2 Å². The Bertz CT molecular complexity index is 790. The summed E-state index contributed by atoms with van der Waals surface area (Å²) in [5.74, 6) is 0.659. The van der Waals surface area contributed by atoms with Gasteiger partial charge in [0.15, 0.2) is 5.78 Å². The number of halogens is 1. The predicted molar refractivity (Wildman–Crippen MR) is 86.2 cm³/mol. The Morgan fingerprint density at radius 3 is 2.68 bits per heavy atom. The summed E-state index contributed by atoms with van der Waals surface area (Å²) in [5.41, 5.74) is 1.42. The van der Waals surface area contributed by atoms with E-state index in [1.165, 1.54) is 11.8 Å². The molecule has 1 heterocycles. The highest BCUT2D eigenvalue weighted by molar-refractivity contribution is 7.99. The van der Waals surface area contributed by atoms with Gasteiger partial charge >= 0.3 is 0 Å². The Morgan fingerprint density at radius 1 is 1.09 bits per heavy atom. The average Bonchev–Trinajstić information content (AvgIpc) is 3.02. The summed E-state index contributed by atoms with van der Waals surface area (Å²) in [6.45, 7) is 0. The van der Waals surface area contributed by atoms with Crippen molar-refractivity contribution in [2.45, 2.75) is 5.22 Å². The van der Waals surface area contributed by atoms with Crippen molar-refractivity contribution in [1.82, 2.24) is 10.2 Å². The number of hydrogen-bond donors (Lipinski definition) is 0. The third-order valence-corrected chi connectivity index (χ3v) is 3.95. The number of thioether (sulfide) groups is 1. The lowest BCUT2D eigenvalue weighted by Crippen LogP contribution is -2.01. The molecule has 0 spiro atoms. The molecule has 2 aromatic carbocycles. The number of nitrogens with zero attached hydrogens (tertiary/aromatic N) is 2. The minimum absolute atomic E-state index is 0.0214. The Balaban J connectivity index is 1.66. The molecule has 0 atom stereocenters. The summed E-state index contributed by atoms with van der Waals surface area (Å²) in [4.78, 5) is 12.0. The first-order valence-corrected chi connectivity index (χ1v) is 7.89. The maximum Gasteiger partial charge on any atom is 0.277 e. The number of carbonyl (C=O) groups is 1. The zero-order chi connectivity index (χ0) is 15.4. The van der Waals surface area contributed by atoms with Crippen LogP contribution in [0, 0.1) is 0 Å². The molecule has 0 amide bonds. The van der Waals surface area contributed by atoms with Gasteiger partial charge in [-0.3, -0.25) is 4.79 Å². The Hall–Kier alpha value is -2.11. The van der Waals surface area contributed by atoms with Gasteiger partial charge in [0.2, 0.25) is 5.89 Å². The van der Waals surface area contributed by atoms with Crippen LogP contribution in [0.1, 0.15) is 10.4 Å². The number of hydrogen-bond acceptors (Lipinski definition) is 5. The van der Waals surface area contributed by atoms with Crippen LogP contribution >= 0.6 is 23.4 Å². The normalized spacial score (nSPS) is 10.6. The van der Waals surface area contributed by atoms with Crippen LogP contribution in [0.5, 0.6) is 0 Å². The molecule has 0 fully saturated rings. The van der Waals surface area contributed by atoms with Crippen LogP contribution in [-0.4, -0.2) is 21.7 Å². The molecule has 110 valence electrons. The summed E-state index contributed by atoms with van der Waals surface area (Å²) < 4.78 is 5.54. The second-order valence-electron chi connectivity index (χ2n) is 4.46. The maximum atomic E-state index is 12.0. The van der Waals surface area contributed by atoms with E-state index < -0.39 is 0 Å². The fourth-order valence-electron chi connectivity index (χ4n) is 1.84. The third kappa shape index (κ3) is 3.55. The van der Waals surface area contributed by atoms with E-state index in [1.807, 2.05) is 30.3 Å². The first-order chi connectivity index (χ1) is 10.7. The van der Waals surface area contributed by atoms with Crippen molar-refractivity contribution in [2.75, 3.05) is 5.75 Å². The molecule has 0 saturated heterocycles. The summed E-state index contributed by atoms with van der Waals surface area (Å²) in [5, 5.41) is 8.87. The number of carbonyl (C=O) groups excluding carboxylic acids is 1. The van der Waals surface area contributed by atoms with Gasteiger partial charge in [-0.1, -0.05) is 59.8 Å². The molecule has 6 heteroatoms. The minimum atomic E-state index is 0.0214. The lowest BCUT2D eigenvalue weighted by molar-refractivity contribution is 0.102. The quantitative estimate of drug-likeness (QED) is 0.513. The van der Waals surface area contributed by atoms with E-state index >= 15 is 0 Å². The minimum Gasteiger partial charge on any atom is -0.411 e. The monoisotopic (exact) mass is 330 g/mol. The lowest BCUT2D eigenvalue weighted by atomic mass is 10.2. The highest BCUT2D eigenvalue weighted by atomic mass is 35.5. The Kier molecular flexibility index (Phi) is 4.56. The van der Waals surface area contributed by atoms with Crippen LogP contribution in [0.3, 0.4) is 0 Å². The molecule has 3 aromatic rings. The van der Waals surface area contributed by atoms with Gasteiger partial charge in [0.25, 0.3) is 5.22 Å². The van der Waals surface area contributed by atoms with Crippen LogP contribution < -0.4 is 0 Å². The average molecular weight is 331 g/mol. The van der Waals surface area contributed by atoms with E-state index in [0.29, 0.717) is 21.7 Å². The van der Waals surface area contributed by atoms with Crippen molar-refractivity contribution in [2.24, 2.45) is 0 Å². The highest BCUT2D eigenvalue weighted by Crippen LogP contribution is 2.25. The molecule has 4 nitrogen and oxygen atoms in total. The predicted octanol–water partition coefficient (Wildman–Crippen LogP) is 4.37. The van der Waals surface area contributed by atoms with Crippen LogP contribution in [0.15, 0.2) is 64.2 Å². The molecule has 0 aliphatic heterocycles. The van der Waals surface area contributed by atoms with E-state index in [-0.39, 0.29) is 11.5 Å². The van der Waals surface area contributed by atoms with Gasteiger partial charge in [0.05, 0.1) is 5.75 Å². The van der Waals surface area contributed by atoms with Gasteiger partial charge in [-0.25, -0.2) is 0 Å². The SMILES string of the molecule is O=C(CSc1nnc(-c2cccc(Cl)c2)o1)c1ccccc1. The number of ketones is 1. The van der Waals surface area contributed by atoms with Gasteiger partial charge in [-0.05, 0) is 18.2 Å². The van der Waals surface area contributed by atoms with Gasteiger partial charge in [-0.15, -0.1) is 10.2 Å². The molecule has 22 heavy (non-hydrogen) atoms. The molecular weight excluding hydrogens is 320 g/mol. The van der Waals surface area contributed by atoms with E-state index in [0.717, 1.165) is 5.56 Å². The fourth-order valence-corrected chi connectivity index (χ4v) is 2.69. The van der Waals surface area contributed by atoms with E-state index in [9.17, 15) is 4.79 Å². The first kappa shape index (κ1) is 14.8. The van der Waals surface area contributed by atoms with Crippen LogP contribution in [-0.2, 0) is 0 Å². The zero-order valence-electron chi connectivity index (χ0n) is 11.4. The molecule has 0 aliphatic carbocycles. The first-order valence-electron chi connectivity index (χ1n) is 6.53. The molecule has 3 rings (SSSR count). The molecule has 0 unspecified atom stereocenters. The Labute approximate surface area is 136 Å². The maximum absolute atomic E-state index is 12.0. The lowest BCUT2D eigenvalue weighted by Gasteiger charge is -1.98. The van der Waals surface area contributed by atoms with E-state index in [4.69, 9.17) is 16.0 Å². The molecule has 0 bridgehead atoms. The molecule has 0 N–H and O–H groups in total. The third-order valence-electron chi connectivity index (χ3n) is 2.90.